The number of carbonyl (C=O) groups is 1. The molecule has 0 bridgehead atoms. The zero-order valence-electron chi connectivity index (χ0n) is 14.6. The van der Waals surface area contributed by atoms with Gasteiger partial charge in [-0.3, -0.25) is 4.79 Å². The van der Waals surface area contributed by atoms with Crippen LogP contribution in [0.25, 0.3) is 22.0 Å². The summed E-state index contributed by atoms with van der Waals surface area (Å²) in [4.78, 5) is 15.8. The molecule has 1 heterocycles. The quantitative estimate of drug-likeness (QED) is 0.355. The van der Waals surface area contributed by atoms with Gasteiger partial charge in [0.2, 0.25) is 0 Å². The Balaban J connectivity index is 1.69. The number of carbonyl (C=O) groups excluding carboxylic acids is 1. The number of nitrogens with one attached hydrogen (secondary N) is 2. The van der Waals surface area contributed by atoms with Crippen LogP contribution < -0.4 is 5.43 Å². The molecule has 4 aromatic rings. The number of hydrogen-bond donors (Lipinski definition) is 2. The molecule has 4 rings (SSSR count). The number of aromatic amines is 1. The maximum atomic E-state index is 13.8. The van der Waals surface area contributed by atoms with Crippen molar-refractivity contribution in [2.45, 2.75) is 0 Å². The third-order valence-corrected chi connectivity index (χ3v) is 4.55. The lowest BCUT2D eigenvalue weighted by atomic mass is 10.0. The number of fused-ring (bicyclic) bond motifs is 1. The summed E-state index contributed by atoms with van der Waals surface area (Å²) in [5.74, 6) is -0.780. The lowest BCUT2D eigenvalue weighted by molar-refractivity contribution is 0.0951. The number of benzene rings is 3. The van der Waals surface area contributed by atoms with E-state index in [9.17, 15) is 9.18 Å². The Bertz CT molecular complexity index is 1170. The van der Waals surface area contributed by atoms with E-state index in [1.807, 2.05) is 30.3 Å². The second kappa shape index (κ2) is 7.66. The van der Waals surface area contributed by atoms with Gasteiger partial charge in [-0.05, 0) is 41.5 Å². The third kappa shape index (κ3) is 3.66. The molecular weight excluding hydrogens is 377 g/mol. The van der Waals surface area contributed by atoms with Crippen LogP contribution in [0.1, 0.15) is 16.1 Å². The van der Waals surface area contributed by atoms with Gasteiger partial charge >= 0.3 is 0 Å². The summed E-state index contributed by atoms with van der Waals surface area (Å²) in [6.07, 6.45) is 1.53. The Kier molecular flexibility index (Phi) is 4.91. The van der Waals surface area contributed by atoms with Crippen LogP contribution in [0.3, 0.4) is 0 Å². The normalized spacial score (nSPS) is 11.2. The van der Waals surface area contributed by atoms with Crippen molar-refractivity contribution in [1.29, 1.82) is 0 Å². The van der Waals surface area contributed by atoms with Crippen molar-refractivity contribution < 1.29 is 9.18 Å². The molecule has 0 fully saturated rings. The summed E-state index contributed by atoms with van der Waals surface area (Å²) < 4.78 is 13.8. The van der Waals surface area contributed by atoms with Crippen molar-refractivity contribution in [1.82, 2.24) is 10.4 Å². The molecular formula is C22H15ClFN3O. The first kappa shape index (κ1) is 17.9. The number of aromatic nitrogens is 1. The van der Waals surface area contributed by atoms with E-state index in [0.29, 0.717) is 27.2 Å². The molecule has 28 heavy (non-hydrogen) atoms. The molecule has 0 aliphatic heterocycles. The average Bonchev–Trinajstić information content (AvgIpc) is 3.09. The number of H-pyrrole nitrogens is 1. The number of rotatable bonds is 4. The molecule has 0 spiro atoms. The van der Waals surface area contributed by atoms with E-state index in [4.69, 9.17) is 11.6 Å². The molecule has 0 radical (unpaired) electrons. The molecule has 0 aliphatic rings. The summed E-state index contributed by atoms with van der Waals surface area (Å²) in [5.41, 5.74) is 5.76. The molecule has 0 unspecified atom stereocenters. The molecule has 4 nitrogen and oxygen atoms in total. The predicted molar refractivity (Wildman–Crippen MR) is 110 cm³/mol. The van der Waals surface area contributed by atoms with Crippen LogP contribution in [-0.2, 0) is 0 Å². The van der Waals surface area contributed by atoms with Crippen molar-refractivity contribution in [3.8, 4) is 11.1 Å². The van der Waals surface area contributed by atoms with Gasteiger partial charge < -0.3 is 4.98 Å². The van der Waals surface area contributed by atoms with Gasteiger partial charge in [-0.2, -0.15) is 5.10 Å². The second-order valence-electron chi connectivity index (χ2n) is 6.18. The number of hydrogen-bond acceptors (Lipinski definition) is 2. The van der Waals surface area contributed by atoms with E-state index in [2.05, 4.69) is 15.5 Å². The van der Waals surface area contributed by atoms with Gasteiger partial charge in [-0.1, -0.05) is 54.1 Å². The van der Waals surface area contributed by atoms with E-state index >= 15 is 0 Å². The summed E-state index contributed by atoms with van der Waals surface area (Å²) >= 11 is 5.86. The Labute approximate surface area is 165 Å². The Hall–Kier alpha value is -3.44. The van der Waals surface area contributed by atoms with Crippen LogP contribution >= 0.6 is 11.6 Å². The molecule has 0 atom stereocenters. The smallest absolute Gasteiger partial charge is 0.288 e. The molecule has 0 saturated heterocycles. The van der Waals surface area contributed by atoms with Crippen LogP contribution in [0, 0.1) is 5.82 Å². The van der Waals surface area contributed by atoms with Gasteiger partial charge in [0, 0.05) is 21.5 Å². The first-order chi connectivity index (χ1) is 13.6. The minimum Gasteiger partial charge on any atom is -0.350 e. The number of amides is 1. The van der Waals surface area contributed by atoms with Gasteiger partial charge in [-0.15, -0.1) is 0 Å². The molecule has 2 N–H and O–H groups in total. The second-order valence-corrected chi connectivity index (χ2v) is 6.62. The van der Waals surface area contributed by atoms with Crippen molar-refractivity contribution in [3.05, 3.63) is 94.9 Å². The van der Waals surface area contributed by atoms with Crippen LogP contribution in [-0.4, -0.2) is 17.1 Å². The minimum atomic E-state index is -0.416. The maximum absolute atomic E-state index is 13.8. The van der Waals surface area contributed by atoms with Gasteiger partial charge in [-0.25, -0.2) is 9.82 Å². The molecule has 0 aliphatic carbocycles. The monoisotopic (exact) mass is 391 g/mol. The van der Waals surface area contributed by atoms with E-state index in [-0.39, 0.29) is 5.82 Å². The highest BCUT2D eigenvalue weighted by atomic mass is 35.5. The SMILES string of the molecule is O=C(N/N=C\c1ccc(Cl)cc1)c1[nH]c2ccc(F)cc2c1-c1ccccc1. The largest absolute Gasteiger partial charge is 0.350 e. The van der Waals surface area contributed by atoms with E-state index < -0.39 is 5.91 Å². The third-order valence-electron chi connectivity index (χ3n) is 4.30. The van der Waals surface area contributed by atoms with Crippen molar-refractivity contribution in [3.63, 3.8) is 0 Å². The van der Waals surface area contributed by atoms with Gasteiger partial charge in [0.1, 0.15) is 11.5 Å². The summed E-state index contributed by atoms with van der Waals surface area (Å²) in [6, 6.07) is 20.8. The van der Waals surface area contributed by atoms with E-state index in [0.717, 1.165) is 11.1 Å². The molecule has 138 valence electrons. The standard InChI is InChI=1S/C22H15ClFN3O/c23-16-8-6-14(7-9-16)13-25-27-22(28)21-20(15-4-2-1-3-5-15)18-12-17(24)10-11-19(18)26-21/h1-13,26H,(H,27,28)/b25-13-. The zero-order valence-corrected chi connectivity index (χ0v) is 15.4. The van der Waals surface area contributed by atoms with Crippen molar-refractivity contribution in [2.24, 2.45) is 5.10 Å². The maximum Gasteiger partial charge on any atom is 0.288 e. The van der Waals surface area contributed by atoms with Crippen LogP contribution in [0.4, 0.5) is 4.39 Å². The zero-order chi connectivity index (χ0) is 19.5. The van der Waals surface area contributed by atoms with Crippen LogP contribution in [0.2, 0.25) is 5.02 Å². The fourth-order valence-electron chi connectivity index (χ4n) is 3.01. The molecule has 3 aromatic carbocycles. The highest BCUT2D eigenvalue weighted by Gasteiger charge is 2.19. The lowest BCUT2D eigenvalue weighted by Crippen LogP contribution is -2.18. The molecule has 1 amide bonds. The number of halogens is 2. The molecule has 1 aromatic heterocycles. The van der Waals surface area contributed by atoms with E-state index in [1.54, 1.807) is 30.3 Å². The van der Waals surface area contributed by atoms with Gasteiger partial charge in [0.15, 0.2) is 0 Å². The first-order valence-corrected chi connectivity index (χ1v) is 8.95. The minimum absolute atomic E-state index is 0.319. The topological polar surface area (TPSA) is 57.2 Å². The lowest BCUT2D eigenvalue weighted by Gasteiger charge is -2.04. The number of hydrazone groups is 1. The highest BCUT2D eigenvalue weighted by Crippen LogP contribution is 2.32. The summed E-state index contributed by atoms with van der Waals surface area (Å²) in [5, 5.41) is 5.27. The van der Waals surface area contributed by atoms with Gasteiger partial charge in [0.25, 0.3) is 5.91 Å². The summed E-state index contributed by atoms with van der Waals surface area (Å²) in [6.45, 7) is 0. The predicted octanol–water partition coefficient (Wildman–Crippen LogP) is 5.39. The molecule has 6 heteroatoms. The van der Waals surface area contributed by atoms with Crippen LogP contribution in [0.15, 0.2) is 77.9 Å². The first-order valence-electron chi connectivity index (χ1n) is 8.57. The Morgan fingerprint density at radius 1 is 1.04 bits per heavy atom. The Morgan fingerprint density at radius 2 is 1.79 bits per heavy atom. The van der Waals surface area contributed by atoms with Crippen molar-refractivity contribution in [2.75, 3.05) is 0 Å². The average molecular weight is 392 g/mol. The highest BCUT2D eigenvalue weighted by molar-refractivity contribution is 6.30. The van der Waals surface area contributed by atoms with E-state index in [1.165, 1.54) is 18.3 Å². The fraction of sp³-hybridized carbons (Fsp3) is 0. The summed E-state index contributed by atoms with van der Waals surface area (Å²) in [7, 11) is 0. The number of nitrogens with zero attached hydrogens (tertiary/aromatic N) is 1. The fourth-order valence-corrected chi connectivity index (χ4v) is 3.14. The van der Waals surface area contributed by atoms with Gasteiger partial charge in [0.05, 0.1) is 6.21 Å². The molecule has 0 saturated carbocycles. The van der Waals surface area contributed by atoms with Crippen LogP contribution in [0.5, 0.6) is 0 Å². The Morgan fingerprint density at radius 3 is 2.54 bits per heavy atom. The van der Waals surface area contributed by atoms with Crippen molar-refractivity contribution >= 4 is 34.6 Å².